The van der Waals surface area contributed by atoms with Crippen molar-refractivity contribution in [2.75, 3.05) is 26.1 Å². The van der Waals surface area contributed by atoms with Crippen LogP contribution in [0.2, 0.25) is 0 Å². The monoisotopic (exact) mass is 675 g/mol. The fraction of sp³-hybridized carbons (Fsp3) is 0.143. The van der Waals surface area contributed by atoms with E-state index in [0.29, 0.717) is 27.5 Å². The van der Waals surface area contributed by atoms with Crippen molar-refractivity contribution in [1.29, 1.82) is 0 Å². The third-order valence-electron chi connectivity index (χ3n) is 9.40. The van der Waals surface area contributed by atoms with E-state index in [9.17, 15) is 14.4 Å². The number of esters is 1. The molecular formula is C42H37N5O4. The lowest BCUT2D eigenvalue weighted by Gasteiger charge is -2.39. The lowest BCUT2D eigenvalue weighted by atomic mass is 9.76. The van der Waals surface area contributed by atoms with Crippen LogP contribution in [0.4, 0.5) is 5.69 Å². The van der Waals surface area contributed by atoms with E-state index in [-0.39, 0.29) is 6.42 Å². The molecule has 0 spiro atoms. The largest absolute Gasteiger partial charge is 0.468 e. The Morgan fingerprint density at radius 2 is 1.41 bits per heavy atom. The molecule has 0 aliphatic carbocycles. The highest BCUT2D eigenvalue weighted by molar-refractivity contribution is 5.91. The second-order valence-corrected chi connectivity index (χ2v) is 12.6. The molecule has 7 aromatic rings. The summed E-state index contributed by atoms with van der Waals surface area (Å²) in [5.74, 6) is -0.442. The van der Waals surface area contributed by atoms with Crippen LogP contribution in [-0.4, -0.2) is 47.8 Å². The lowest BCUT2D eigenvalue weighted by molar-refractivity contribution is -0.143. The van der Waals surface area contributed by atoms with Gasteiger partial charge in [0, 0.05) is 31.4 Å². The second-order valence-electron chi connectivity index (χ2n) is 12.6. The molecule has 0 saturated carbocycles. The van der Waals surface area contributed by atoms with Gasteiger partial charge in [0.15, 0.2) is 0 Å². The molecule has 9 heteroatoms. The number of pyridine rings is 1. The van der Waals surface area contributed by atoms with E-state index >= 15 is 0 Å². The number of nitrogens with zero attached hydrogens (tertiary/aromatic N) is 3. The van der Waals surface area contributed by atoms with Crippen LogP contribution in [0.1, 0.15) is 22.3 Å². The number of aromatic nitrogens is 3. The quantitative estimate of drug-likeness (QED) is 0.136. The Morgan fingerprint density at radius 3 is 1.98 bits per heavy atom. The Morgan fingerprint density at radius 1 is 0.804 bits per heavy atom. The first-order valence-electron chi connectivity index (χ1n) is 16.7. The van der Waals surface area contributed by atoms with Crippen molar-refractivity contribution in [1.82, 2.24) is 19.9 Å². The topological polar surface area (TPSA) is 109 Å². The van der Waals surface area contributed by atoms with Crippen LogP contribution in [0.3, 0.4) is 0 Å². The van der Waals surface area contributed by atoms with Gasteiger partial charge in [-0.2, -0.15) is 0 Å². The second kappa shape index (κ2) is 13.9. The van der Waals surface area contributed by atoms with Crippen LogP contribution in [0.5, 0.6) is 0 Å². The molecule has 2 heterocycles. The fourth-order valence-corrected chi connectivity index (χ4v) is 6.91. The van der Waals surface area contributed by atoms with Gasteiger partial charge in [-0.15, -0.1) is 0 Å². The van der Waals surface area contributed by atoms with E-state index < -0.39 is 28.8 Å². The molecule has 51 heavy (non-hydrogen) atoms. The van der Waals surface area contributed by atoms with E-state index in [0.717, 1.165) is 32.5 Å². The van der Waals surface area contributed by atoms with E-state index in [1.54, 1.807) is 30.5 Å². The Labute approximate surface area is 294 Å². The molecule has 0 saturated heterocycles. The summed E-state index contributed by atoms with van der Waals surface area (Å²) in [6, 6.07) is 41.9. The summed E-state index contributed by atoms with van der Waals surface area (Å²) in [5.41, 5.74) is 3.74. The number of nitrogens with one attached hydrogen (secondary N) is 2. The maximum absolute atomic E-state index is 13.9. The lowest BCUT2D eigenvalue weighted by Crippen LogP contribution is -2.53. The van der Waals surface area contributed by atoms with E-state index in [1.807, 2.05) is 91.8 Å². The third kappa shape index (κ3) is 6.08. The van der Waals surface area contributed by atoms with Crippen molar-refractivity contribution in [2.45, 2.75) is 18.0 Å². The molecule has 9 nitrogen and oxygen atoms in total. The minimum absolute atomic E-state index is 0.221. The molecule has 0 fully saturated rings. The van der Waals surface area contributed by atoms with Gasteiger partial charge < -0.3 is 14.6 Å². The zero-order chi connectivity index (χ0) is 35.5. The van der Waals surface area contributed by atoms with Crippen LogP contribution in [0.25, 0.3) is 27.5 Å². The van der Waals surface area contributed by atoms with E-state index in [1.165, 1.54) is 7.11 Å². The highest BCUT2D eigenvalue weighted by atomic mass is 16.5. The molecule has 2 N–H and O–H groups in total. The number of anilines is 1. The first-order chi connectivity index (χ1) is 24.8. The van der Waals surface area contributed by atoms with Gasteiger partial charge in [0.1, 0.15) is 6.04 Å². The van der Waals surface area contributed by atoms with Crippen LogP contribution >= 0.6 is 0 Å². The van der Waals surface area contributed by atoms with Crippen molar-refractivity contribution >= 4 is 33.5 Å². The predicted octanol–water partition coefficient (Wildman–Crippen LogP) is 5.96. The minimum atomic E-state index is -0.937. The Kier molecular flexibility index (Phi) is 9.04. The standard InChI is InChI=1S/C42H37N5O4/c1-46(2)32-22-23-35-34(27-32)39(48)47(41(50)44-35)37-24-21-28(33-20-13-25-43-38(33)37)26-36(40(49)51-3)45-42(29-14-7-4-8-15-29,30-16-9-5-10-17-30)31-18-11-6-12-19-31/h4-25,27,36,45H,26H2,1-3H3,(H,44,50)/t36-/m0/s1. The Balaban J connectivity index is 1.38. The number of hydrogen-bond donors (Lipinski definition) is 2. The molecule has 1 atom stereocenters. The van der Waals surface area contributed by atoms with Crippen molar-refractivity contribution in [3.63, 3.8) is 0 Å². The zero-order valence-electron chi connectivity index (χ0n) is 28.5. The molecule has 2 aromatic heterocycles. The number of carbonyl (C=O) groups excluding carboxylic acids is 1. The van der Waals surface area contributed by atoms with Crippen LogP contribution < -0.4 is 21.5 Å². The van der Waals surface area contributed by atoms with Gasteiger partial charge in [-0.25, -0.2) is 9.36 Å². The first kappa shape index (κ1) is 33.2. The number of benzene rings is 5. The van der Waals surface area contributed by atoms with Crippen LogP contribution in [0.15, 0.2) is 149 Å². The van der Waals surface area contributed by atoms with E-state index in [2.05, 4.69) is 51.7 Å². The molecule has 254 valence electrons. The van der Waals surface area contributed by atoms with Crippen LogP contribution in [0, 0.1) is 0 Å². The molecular weight excluding hydrogens is 638 g/mol. The molecule has 0 aliphatic heterocycles. The minimum Gasteiger partial charge on any atom is -0.468 e. The Bertz CT molecular complexity index is 2360. The van der Waals surface area contributed by atoms with Gasteiger partial charge in [-0.1, -0.05) is 103 Å². The zero-order valence-corrected chi connectivity index (χ0v) is 28.5. The molecule has 5 aromatic carbocycles. The van der Waals surface area contributed by atoms with Crippen molar-refractivity contribution in [3.8, 4) is 5.69 Å². The number of fused-ring (bicyclic) bond motifs is 2. The third-order valence-corrected chi connectivity index (χ3v) is 9.40. The highest BCUT2D eigenvalue weighted by Crippen LogP contribution is 2.38. The molecule has 7 rings (SSSR count). The molecule has 0 amide bonds. The maximum atomic E-state index is 13.9. The van der Waals surface area contributed by atoms with Gasteiger partial charge in [-0.05, 0) is 59.0 Å². The summed E-state index contributed by atoms with van der Waals surface area (Å²) in [4.78, 5) is 50.6. The van der Waals surface area contributed by atoms with Gasteiger partial charge in [0.2, 0.25) is 0 Å². The van der Waals surface area contributed by atoms with E-state index in [4.69, 9.17) is 4.74 Å². The summed E-state index contributed by atoms with van der Waals surface area (Å²) in [5, 5.41) is 4.85. The van der Waals surface area contributed by atoms with Gasteiger partial charge in [0.25, 0.3) is 5.56 Å². The summed E-state index contributed by atoms with van der Waals surface area (Å²) in [6.45, 7) is 0. The normalized spacial score (nSPS) is 12.1. The maximum Gasteiger partial charge on any atom is 0.333 e. The summed E-state index contributed by atoms with van der Waals surface area (Å²) < 4.78 is 6.56. The summed E-state index contributed by atoms with van der Waals surface area (Å²) in [6.07, 6.45) is 1.85. The summed E-state index contributed by atoms with van der Waals surface area (Å²) >= 11 is 0. The van der Waals surface area contributed by atoms with Crippen molar-refractivity contribution < 1.29 is 9.53 Å². The van der Waals surface area contributed by atoms with Crippen molar-refractivity contribution in [2.24, 2.45) is 0 Å². The number of methoxy groups -OCH3 is 1. The average molecular weight is 676 g/mol. The molecule has 0 unspecified atom stereocenters. The number of ether oxygens (including phenoxy) is 1. The predicted molar refractivity (Wildman–Crippen MR) is 202 cm³/mol. The van der Waals surface area contributed by atoms with Crippen LogP contribution in [-0.2, 0) is 21.5 Å². The highest BCUT2D eigenvalue weighted by Gasteiger charge is 2.40. The van der Waals surface area contributed by atoms with Gasteiger partial charge in [-0.3, -0.25) is 19.9 Å². The number of rotatable bonds is 10. The average Bonchev–Trinajstić information content (AvgIpc) is 3.17. The number of carbonyl (C=O) groups is 1. The number of hydrogen-bond acceptors (Lipinski definition) is 7. The van der Waals surface area contributed by atoms with Gasteiger partial charge >= 0.3 is 11.7 Å². The SMILES string of the molecule is COC(=O)[C@H](Cc1ccc(-n2c(=O)[nH]c3ccc(N(C)C)cc3c2=O)c2ncccc12)NC(c1ccccc1)(c1ccccc1)c1ccccc1. The summed E-state index contributed by atoms with van der Waals surface area (Å²) in [7, 11) is 5.16. The first-order valence-corrected chi connectivity index (χ1v) is 16.7. The fourth-order valence-electron chi connectivity index (χ4n) is 6.91. The number of H-pyrrole nitrogens is 1. The molecule has 0 bridgehead atoms. The molecule has 0 radical (unpaired) electrons. The van der Waals surface area contributed by atoms with Gasteiger partial charge in [0.05, 0.1) is 34.8 Å². The Hall–Kier alpha value is -6.32. The number of aromatic amines is 1. The molecule has 0 aliphatic rings. The van der Waals surface area contributed by atoms with Crippen molar-refractivity contribution in [3.05, 3.63) is 183 Å². The smallest absolute Gasteiger partial charge is 0.333 e.